The molecule has 0 fully saturated rings. The summed E-state index contributed by atoms with van der Waals surface area (Å²) >= 11 is 0. The van der Waals surface area contributed by atoms with E-state index in [0.717, 1.165) is 0 Å². The molecule has 0 aromatic heterocycles. The summed E-state index contributed by atoms with van der Waals surface area (Å²) in [6.07, 6.45) is 5.76. The molecule has 0 rings (SSSR count). The van der Waals surface area contributed by atoms with Crippen molar-refractivity contribution in [2.24, 2.45) is 10.8 Å². The van der Waals surface area contributed by atoms with Gasteiger partial charge in [0.25, 0.3) is 0 Å². The van der Waals surface area contributed by atoms with Crippen molar-refractivity contribution in [1.29, 1.82) is 0 Å². The highest BCUT2D eigenvalue weighted by Crippen LogP contribution is 2.40. The molecule has 0 aliphatic rings. The van der Waals surface area contributed by atoms with Gasteiger partial charge in [0.05, 0.1) is 13.5 Å². The van der Waals surface area contributed by atoms with Crippen molar-refractivity contribution in [3.8, 4) is 12.3 Å². The van der Waals surface area contributed by atoms with Crippen molar-refractivity contribution < 1.29 is 9.53 Å². The zero-order chi connectivity index (χ0) is 10.7. The van der Waals surface area contributed by atoms with E-state index in [1.807, 2.05) is 27.7 Å². The second-order valence-corrected chi connectivity index (χ2v) is 4.41. The summed E-state index contributed by atoms with van der Waals surface area (Å²) in [6, 6.07) is 0. The molecule has 0 saturated carbocycles. The first kappa shape index (κ1) is 12.0. The standard InChI is InChI=1S/C11H18O2/c1-7-10(2,3)11(4,5)8-9(12)13-6/h1H,8H2,2-6H3. The average Bonchev–Trinajstić information content (AvgIpc) is 2.03. The highest BCUT2D eigenvalue weighted by Gasteiger charge is 2.37. The number of hydrogen-bond donors (Lipinski definition) is 0. The van der Waals surface area contributed by atoms with Gasteiger partial charge in [-0.2, -0.15) is 0 Å². The summed E-state index contributed by atoms with van der Waals surface area (Å²) in [4.78, 5) is 11.1. The van der Waals surface area contributed by atoms with Crippen molar-refractivity contribution in [1.82, 2.24) is 0 Å². The van der Waals surface area contributed by atoms with Gasteiger partial charge in [0.15, 0.2) is 0 Å². The number of esters is 1. The number of terminal acetylenes is 1. The Kier molecular flexibility index (Phi) is 3.54. The van der Waals surface area contributed by atoms with Crippen LogP contribution in [0.2, 0.25) is 0 Å². The largest absolute Gasteiger partial charge is 0.469 e. The Labute approximate surface area is 80.7 Å². The monoisotopic (exact) mass is 182 g/mol. The predicted octanol–water partition coefficient (Wildman–Crippen LogP) is 2.24. The van der Waals surface area contributed by atoms with Crippen molar-refractivity contribution in [3.05, 3.63) is 0 Å². The zero-order valence-electron chi connectivity index (χ0n) is 9.10. The Bertz CT molecular complexity index is 231. The summed E-state index contributed by atoms with van der Waals surface area (Å²) < 4.78 is 4.62. The lowest BCUT2D eigenvalue weighted by molar-refractivity contribution is -0.144. The van der Waals surface area contributed by atoms with Gasteiger partial charge in [-0.05, 0) is 19.3 Å². The lowest BCUT2D eigenvalue weighted by Gasteiger charge is -2.36. The minimum atomic E-state index is -0.304. The van der Waals surface area contributed by atoms with Crippen LogP contribution in [0.3, 0.4) is 0 Å². The molecule has 0 saturated heterocycles. The second kappa shape index (κ2) is 3.83. The van der Waals surface area contributed by atoms with E-state index in [9.17, 15) is 4.79 Å². The molecule has 74 valence electrons. The maximum atomic E-state index is 11.1. The first-order valence-electron chi connectivity index (χ1n) is 4.31. The predicted molar refractivity (Wildman–Crippen MR) is 53.0 cm³/mol. The highest BCUT2D eigenvalue weighted by molar-refractivity contribution is 5.70. The molecule has 0 aliphatic heterocycles. The van der Waals surface area contributed by atoms with Gasteiger partial charge >= 0.3 is 5.97 Å². The van der Waals surface area contributed by atoms with Gasteiger partial charge in [0.1, 0.15) is 0 Å². The van der Waals surface area contributed by atoms with Crippen molar-refractivity contribution in [3.63, 3.8) is 0 Å². The van der Waals surface area contributed by atoms with Crippen LogP contribution >= 0.6 is 0 Å². The molecule has 0 heterocycles. The molecule has 0 aromatic carbocycles. The number of carbonyl (C=O) groups is 1. The van der Waals surface area contributed by atoms with E-state index in [4.69, 9.17) is 6.42 Å². The molecule has 2 nitrogen and oxygen atoms in total. The first-order valence-corrected chi connectivity index (χ1v) is 4.31. The molecular formula is C11H18O2. The summed E-state index contributed by atoms with van der Waals surface area (Å²) in [5.41, 5.74) is -0.546. The second-order valence-electron chi connectivity index (χ2n) is 4.41. The zero-order valence-corrected chi connectivity index (χ0v) is 9.10. The Hall–Kier alpha value is -0.970. The lowest BCUT2D eigenvalue weighted by atomic mass is 9.67. The van der Waals surface area contributed by atoms with Crippen molar-refractivity contribution in [2.45, 2.75) is 34.1 Å². The third kappa shape index (κ3) is 2.77. The van der Waals surface area contributed by atoms with Gasteiger partial charge in [0, 0.05) is 5.41 Å². The number of rotatable bonds is 3. The minimum Gasteiger partial charge on any atom is -0.469 e. The molecular weight excluding hydrogens is 164 g/mol. The first-order chi connectivity index (χ1) is 5.77. The molecule has 0 N–H and O–H groups in total. The van der Waals surface area contributed by atoms with Crippen LogP contribution in [0.1, 0.15) is 34.1 Å². The quantitative estimate of drug-likeness (QED) is 0.494. The van der Waals surface area contributed by atoms with Gasteiger partial charge in [0.2, 0.25) is 0 Å². The van der Waals surface area contributed by atoms with Crippen LogP contribution in [0.4, 0.5) is 0 Å². The fraction of sp³-hybridized carbons (Fsp3) is 0.727. The van der Waals surface area contributed by atoms with Crippen LogP contribution in [0, 0.1) is 23.2 Å². The van der Waals surface area contributed by atoms with Gasteiger partial charge in [-0.3, -0.25) is 4.79 Å². The van der Waals surface area contributed by atoms with Crippen LogP contribution in [0.5, 0.6) is 0 Å². The van der Waals surface area contributed by atoms with E-state index in [-0.39, 0.29) is 16.8 Å². The summed E-state index contributed by atoms with van der Waals surface area (Å²) in [5, 5.41) is 0. The smallest absolute Gasteiger partial charge is 0.306 e. The molecule has 0 amide bonds. The van der Waals surface area contributed by atoms with Crippen LogP contribution < -0.4 is 0 Å². The van der Waals surface area contributed by atoms with Gasteiger partial charge < -0.3 is 4.74 Å². The van der Waals surface area contributed by atoms with Gasteiger partial charge in [-0.25, -0.2) is 0 Å². The van der Waals surface area contributed by atoms with Crippen molar-refractivity contribution in [2.75, 3.05) is 7.11 Å². The maximum absolute atomic E-state index is 11.1. The Morgan fingerprint density at radius 1 is 1.38 bits per heavy atom. The van der Waals surface area contributed by atoms with Crippen LogP contribution in [0.25, 0.3) is 0 Å². The van der Waals surface area contributed by atoms with E-state index >= 15 is 0 Å². The van der Waals surface area contributed by atoms with E-state index in [0.29, 0.717) is 6.42 Å². The number of hydrogen-bond acceptors (Lipinski definition) is 2. The van der Waals surface area contributed by atoms with Crippen molar-refractivity contribution >= 4 is 5.97 Å². The number of carbonyl (C=O) groups excluding carboxylic acids is 1. The summed E-state index contributed by atoms with van der Waals surface area (Å²) in [5.74, 6) is 2.49. The minimum absolute atomic E-state index is 0.215. The fourth-order valence-electron chi connectivity index (χ4n) is 0.849. The molecule has 0 bridgehead atoms. The third-order valence-corrected chi connectivity index (χ3v) is 2.87. The highest BCUT2D eigenvalue weighted by atomic mass is 16.5. The van der Waals surface area contributed by atoms with Gasteiger partial charge in [-0.1, -0.05) is 19.8 Å². The van der Waals surface area contributed by atoms with E-state index in [1.165, 1.54) is 7.11 Å². The lowest BCUT2D eigenvalue weighted by Crippen LogP contribution is -2.33. The summed E-state index contributed by atoms with van der Waals surface area (Å²) in [6.45, 7) is 7.86. The molecule has 0 aromatic rings. The molecule has 0 atom stereocenters. The Morgan fingerprint density at radius 3 is 2.15 bits per heavy atom. The Morgan fingerprint density at radius 2 is 1.85 bits per heavy atom. The third-order valence-electron chi connectivity index (χ3n) is 2.87. The SMILES string of the molecule is C#CC(C)(C)C(C)(C)CC(=O)OC. The van der Waals surface area contributed by atoms with E-state index in [2.05, 4.69) is 10.7 Å². The molecule has 0 spiro atoms. The molecule has 0 unspecified atom stereocenters. The average molecular weight is 182 g/mol. The topological polar surface area (TPSA) is 26.3 Å². The van der Waals surface area contributed by atoms with E-state index in [1.54, 1.807) is 0 Å². The Balaban J connectivity index is 4.59. The van der Waals surface area contributed by atoms with Crippen LogP contribution in [-0.4, -0.2) is 13.1 Å². The molecule has 0 aliphatic carbocycles. The normalized spacial score (nSPS) is 12.0. The summed E-state index contributed by atoms with van der Waals surface area (Å²) in [7, 11) is 1.39. The van der Waals surface area contributed by atoms with Crippen LogP contribution in [0.15, 0.2) is 0 Å². The molecule has 0 radical (unpaired) electrons. The number of ether oxygens (including phenoxy) is 1. The fourth-order valence-corrected chi connectivity index (χ4v) is 0.849. The molecule has 2 heteroatoms. The van der Waals surface area contributed by atoms with E-state index < -0.39 is 0 Å². The van der Waals surface area contributed by atoms with Crippen LogP contribution in [-0.2, 0) is 9.53 Å². The molecule has 13 heavy (non-hydrogen) atoms. The maximum Gasteiger partial charge on any atom is 0.306 e. The number of methoxy groups -OCH3 is 1. The van der Waals surface area contributed by atoms with Gasteiger partial charge in [-0.15, -0.1) is 6.42 Å².